The molecule has 0 aromatic carbocycles. The van der Waals surface area contributed by atoms with Crippen LogP contribution in [0.4, 0.5) is 0 Å². The van der Waals surface area contributed by atoms with E-state index in [1.54, 1.807) is 6.92 Å². The minimum absolute atomic E-state index is 0.281. The summed E-state index contributed by atoms with van der Waals surface area (Å²) in [7, 11) is -2.91. The predicted octanol–water partition coefficient (Wildman–Crippen LogP) is 0.184. The number of nitrogens with one attached hydrogen (secondary N) is 1. The summed E-state index contributed by atoms with van der Waals surface area (Å²) >= 11 is 0. The molecule has 1 aliphatic rings. The van der Waals surface area contributed by atoms with Crippen molar-refractivity contribution < 1.29 is 18.3 Å². The van der Waals surface area contributed by atoms with E-state index >= 15 is 0 Å². The zero-order valence-electron chi connectivity index (χ0n) is 9.27. The van der Waals surface area contributed by atoms with Gasteiger partial charge in [0.25, 0.3) is 0 Å². The molecule has 0 aromatic heterocycles. The average molecular weight is 247 g/mol. The summed E-state index contributed by atoms with van der Waals surface area (Å²) in [6.07, 6.45) is 2.56. The highest BCUT2D eigenvalue weighted by atomic mass is 32.2. The van der Waals surface area contributed by atoms with E-state index < -0.39 is 15.8 Å². The van der Waals surface area contributed by atoms with Gasteiger partial charge in [0.1, 0.15) is 0 Å². The number of sulfone groups is 1. The van der Waals surface area contributed by atoms with Crippen molar-refractivity contribution in [1.82, 2.24) is 5.32 Å². The summed E-state index contributed by atoms with van der Waals surface area (Å²) in [4.78, 5) is 10.3. The van der Waals surface area contributed by atoms with Crippen molar-refractivity contribution in [1.29, 1.82) is 0 Å². The molecule has 1 rings (SSSR count). The number of aliphatic carboxylic acids is 1. The van der Waals surface area contributed by atoms with Crippen LogP contribution in [0.2, 0.25) is 0 Å². The van der Waals surface area contributed by atoms with E-state index in [-0.39, 0.29) is 11.0 Å². The van der Waals surface area contributed by atoms with Gasteiger partial charge < -0.3 is 10.4 Å². The number of rotatable bonds is 5. The number of hydrogen-bond donors (Lipinski definition) is 2. The highest BCUT2D eigenvalue weighted by Crippen LogP contribution is 2.18. The second-order valence-electron chi connectivity index (χ2n) is 4.09. The molecule has 92 valence electrons. The van der Waals surface area contributed by atoms with Gasteiger partial charge in [0, 0.05) is 19.2 Å². The summed E-state index contributed by atoms with van der Waals surface area (Å²) in [5.74, 6) is -0.698. The van der Waals surface area contributed by atoms with E-state index in [2.05, 4.69) is 5.32 Å². The molecule has 16 heavy (non-hydrogen) atoms. The maximum atomic E-state index is 11.5. The molecule has 1 unspecified atom stereocenters. The monoisotopic (exact) mass is 247 g/mol. The third kappa shape index (κ3) is 3.94. The molecular formula is C10H17NO4S. The number of carboxylic acid groups (broad SMARTS) is 1. The first-order valence-electron chi connectivity index (χ1n) is 5.24. The molecule has 6 heteroatoms. The lowest BCUT2D eigenvalue weighted by Gasteiger charge is -2.10. The molecule has 1 aliphatic heterocycles. The molecule has 0 bridgehead atoms. The molecule has 0 aliphatic carbocycles. The highest BCUT2D eigenvalue weighted by Gasteiger charge is 2.30. The van der Waals surface area contributed by atoms with Crippen LogP contribution in [0.3, 0.4) is 0 Å². The fourth-order valence-electron chi connectivity index (χ4n) is 1.78. The highest BCUT2D eigenvalue weighted by molar-refractivity contribution is 7.92. The summed E-state index contributed by atoms with van der Waals surface area (Å²) in [5.41, 5.74) is 0.683. The summed E-state index contributed by atoms with van der Waals surface area (Å²) in [6, 6.07) is 0. The Hall–Kier alpha value is -0.880. The van der Waals surface area contributed by atoms with Gasteiger partial charge in [0.2, 0.25) is 0 Å². The van der Waals surface area contributed by atoms with Crippen LogP contribution >= 0.6 is 0 Å². The zero-order chi connectivity index (χ0) is 12.2. The van der Waals surface area contributed by atoms with E-state index in [0.29, 0.717) is 25.1 Å². The Morgan fingerprint density at radius 2 is 2.25 bits per heavy atom. The van der Waals surface area contributed by atoms with Crippen molar-refractivity contribution in [3.63, 3.8) is 0 Å². The van der Waals surface area contributed by atoms with E-state index in [1.807, 2.05) is 0 Å². The molecule has 1 heterocycles. The Kier molecular flexibility index (Phi) is 4.49. The summed E-state index contributed by atoms with van der Waals surface area (Å²) in [5, 5.41) is 11.2. The zero-order valence-corrected chi connectivity index (χ0v) is 10.1. The van der Waals surface area contributed by atoms with Crippen molar-refractivity contribution in [2.75, 3.05) is 18.8 Å². The molecule has 0 spiro atoms. The largest absolute Gasteiger partial charge is 0.478 e. The van der Waals surface area contributed by atoms with Crippen LogP contribution in [0.5, 0.6) is 0 Å². The van der Waals surface area contributed by atoms with E-state index in [9.17, 15) is 13.2 Å². The predicted molar refractivity (Wildman–Crippen MR) is 61.1 cm³/mol. The fraction of sp³-hybridized carbons (Fsp3) is 0.700. The lowest BCUT2D eigenvalue weighted by Crippen LogP contribution is -2.31. The van der Waals surface area contributed by atoms with Gasteiger partial charge in [-0.05, 0) is 19.8 Å². The van der Waals surface area contributed by atoms with Gasteiger partial charge in [-0.15, -0.1) is 0 Å². The second-order valence-corrected chi connectivity index (χ2v) is 6.49. The van der Waals surface area contributed by atoms with Gasteiger partial charge in [0.15, 0.2) is 9.84 Å². The van der Waals surface area contributed by atoms with E-state index in [0.717, 1.165) is 12.5 Å². The normalized spacial score (nSPS) is 24.6. The lowest BCUT2D eigenvalue weighted by atomic mass is 10.2. The van der Waals surface area contributed by atoms with Crippen molar-refractivity contribution in [2.45, 2.75) is 25.0 Å². The molecule has 1 atom stereocenters. The van der Waals surface area contributed by atoms with Gasteiger partial charge in [-0.2, -0.15) is 0 Å². The molecular weight excluding hydrogens is 230 g/mol. The van der Waals surface area contributed by atoms with Crippen molar-refractivity contribution >= 4 is 15.8 Å². The van der Waals surface area contributed by atoms with Crippen LogP contribution in [0.15, 0.2) is 11.6 Å². The standard InChI is InChI=1S/C10H17NO4S/c1-8(5-10(12)13)6-11-7-9-3-2-4-16(9,14)15/h5,9,11H,2-4,6-7H2,1H3,(H,12,13). The summed E-state index contributed by atoms with van der Waals surface area (Å²) in [6.45, 7) is 2.52. The molecule has 0 aromatic rings. The van der Waals surface area contributed by atoms with Gasteiger partial charge in [-0.1, -0.05) is 5.57 Å². The fourth-order valence-corrected chi connectivity index (χ4v) is 3.58. The third-order valence-corrected chi connectivity index (χ3v) is 4.88. The van der Waals surface area contributed by atoms with Gasteiger partial charge in [-0.25, -0.2) is 13.2 Å². The number of carboxylic acids is 1. The van der Waals surface area contributed by atoms with Gasteiger partial charge >= 0.3 is 5.97 Å². The molecule has 1 fully saturated rings. The van der Waals surface area contributed by atoms with Crippen LogP contribution in [-0.2, 0) is 14.6 Å². The van der Waals surface area contributed by atoms with Crippen LogP contribution in [0.25, 0.3) is 0 Å². The number of hydrogen-bond acceptors (Lipinski definition) is 4. The second kappa shape index (κ2) is 5.45. The van der Waals surface area contributed by atoms with Crippen molar-refractivity contribution in [2.24, 2.45) is 0 Å². The number of carbonyl (C=O) groups is 1. The van der Waals surface area contributed by atoms with Crippen LogP contribution in [0.1, 0.15) is 19.8 Å². The minimum atomic E-state index is -2.91. The van der Waals surface area contributed by atoms with Gasteiger partial charge in [0.05, 0.1) is 11.0 Å². The van der Waals surface area contributed by atoms with Crippen LogP contribution < -0.4 is 5.32 Å². The smallest absolute Gasteiger partial charge is 0.328 e. The first kappa shape index (κ1) is 13.2. The molecule has 0 radical (unpaired) electrons. The first-order valence-corrected chi connectivity index (χ1v) is 6.96. The Morgan fingerprint density at radius 3 is 2.75 bits per heavy atom. The molecule has 0 saturated carbocycles. The molecule has 2 N–H and O–H groups in total. The Morgan fingerprint density at radius 1 is 1.56 bits per heavy atom. The summed E-state index contributed by atoms with van der Waals surface area (Å²) < 4.78 is 22.9. The van der Waals surface area contributed by atoms with Crippen molar-refractivity contribution in [3.05, 3.63) is 11.6 Å². The van der Waals surface area contributed by atoms with E-state index in [4.69, 9.17) is 5.11 Å². The Bertz CT molecular complexity index is 386. The minimum Gasteiger partial charge on any atom is -0.478 e. The molecule has 0 amide bonds. The van der Waals surface area contributed by atoms with Crippen LogP contribution in [0, 0.1) is 0 Å². The third-order valence-electron chi connectivity index (χ3n) is 2.61. The van der Waals surface area contributed by atoms with Crippen LogP contribution in [-0.4, -0.2) is 43.6 Å². The molecule has 1 saturated heterocycles. The quantitative estimate of drug-likeness (QED) is 0.677. The first-order chi connectivity index (χ1) is 7.42. The maximum Gasteiger partial charge on any atom is 0.328 e. The SMILES string of the molecule is CC(=CC(=O)O)CNCC1CCCS1(=O)=O. The topological polar surface area (TPSA) is 83.5 Å². The molecule has 5 nitrogen and oxygen atoms in total. The Labute approximate surface area is 95.5 Å². The Balaban J connectivity index is 2.34. The average Bonchev–Trinajstić information content (AvgIpc) is 2.44. The van der Waals surface area contributed by atoms with E-state index in [1.165, 1.54) is 0 Å². The maximum absolute atomic E-state index is 11.5. The van der Waals surface area contributed by atoms with Crippen molar-refractivity contribution in [3.8, 4) is 0 Å². The van der Waals surface area contributed by atoms with Gasteiger partial charge in [-0.3, -0.25) is 0 Å². The lowest BCUT2D eigenvalue weighted by molar-refractivity contribution is -0.131.